The van der Waals surface area contributed by atoms with Gasteiger partial charge in [-0.05, 0) is 30.5 Å². The first-order valence-electron chi connectivity index (χ1n) is 8.81. The molecule has 4 heteroatoms. The lowest BCUT2D eigenvalue weighted by molar-refractivity contribution is -0.133. The van der Waals surface area contributed by atoms with Gasteiger partial charge < -0.3 is 9.80 Å². The Morgan fingerprint density at radius 1 is 1.04 bits per heavy atom. The second kappa shape index (κ2) is 7.97. The van der Waals surface area contributed by atoms with Gasteiger partial charge >= 0.3 is 0 Å². The van der Waals surface area contributed by atoms with Crippen LogP contribution in [-0.4, -0.2) is 29.8 Å². The first kappa shape index (κ1) is 17.2. The molecule has 2 aromatic rings. The van der Waals surface area contributed by atoms with Gasteiger partial charge in [-0.2, -0.15) is 0 Å². The van der Waals surface area contributed by atoms with E-state index in [1.165, 1.54) is 0 Å². The van der Waals surface area contributed by atoms with E-state index in [-0.39, 0.29) is 17.7 Å². The summed E-state index contributed by atoms with van der Waals surface area (Å²) in [6, 6.07) is 19.8. The Labute approximate surface area is 149 Å². The van der Waals surface area contributed by atoms with Crippen molar-refractivity contribution in [3.63, 3.8) is 0 Å². The summed E-state index contributed by atoms with van der Waals surface area (Å²) in [5.41, 5.74) is 2.00. The molecule has 1 atom stereocenters. The van der Waals surface area contributed by atoms with Crippen molar-refractivity contribution in [2.45, 2.75) is 26.3 Å². The number of carbonyl (C=O) groups is 2. The standard InChI is InChI=1S/C21H24N2O2/c1-17(24)22-14-8-11-19(16-22)21(25)23(20-12-6-3-7-13-20)15-18-9-4-2-5-10-18/h2-7,9-10,12-13,19H,8,11,14-16H2,1H3. The van der Waals surface area contributed by atoms with E-state index in [9.17, 15) is 9.59 Å². The lowest BCUT2D eigenvalue weighted by atomic mass is 9.96. The zero-order valence-electron chi connectivity index (χ0n) is 14.6. The number of hydrogen-bond donors (Lipinski definition) is 0. The Kier molecular flexibility index (Phi) is 5.49. The highest BCUT2D eigenvalue weighted by atomic mass is 16.2. The number of carbonyl (C=O) groups excluding carboxylic acids is 2. The van der Waals surface area contributed by atoms with Crippen LogP contribution in [0.15, 0.2) is 60.7 Å². The number of likely N-dealkylation sites (tertiary alicyclic amines) is 1. The number of anilines is 1. The van der Waals surface area contributed by atoms with Crippen LogP contribution in [0.5, 0.6) is 0 Å². The van der Waals surface area contributed by atoms with Crippen LogP contribution < -0.4 is 4.90 Å². The van der Waals surface area contributed by atoms with E-state index < -0.39 is 0 Å². The number of amides is 2. The zero-order chi connectivity index (χ0) is 17.6. The third-order valence-corrected chi connectivity index (χ3v) is 4.73. The molecular formula is C21H24N2O2. The summed E-state index contributed by atoms with van der Waals surface area (Å²) in [7, 11) is 0. The van der Waals surface area contributed by atoms with Gasteiger partial charge in [-0.3, -0.25) is 9.59 Å². The highest BCUT2D eigenvalue weighted by molar-refractivity contribution is 5.95. The molecule has 1 fully saturated rings. The van der Waals surface area contributed by atoms with E-state index in [1.807, 2.05) is 65.6 Å². The van der Waals surface area contributed by atoms with Crippen molar-refractivity contribution in [3.8, 4) is 0 Å². The average Bonchev–Trinajstić information content (AvgIpc) is 2.67. The van der Waals surface area contributed by atoms with E-state index in [1.54, 1.807) is 11.8 Å². The molecule has 130 valence electrons. The number of piperidine rings is 1. The molecule has 0 radical (unpaired) electrons. The van der Waals surface area contributed by atoms with Gasteiger partial charge in [0.2, 0.25) is 11.8 Å². The average molecular weight is 336 g/mol. The van der Waals surface area contributed by atoms with Gasteiger partial charge in [0.1, 0.15) is 0 Å². The Hall–Kier alpha value is -2.62. The smallest absolute Gasteiger partial charge is 0.232 e. The summed E-state index contributed by atoms with van der Waals surface area (Å²) < 4.78 is 0. The highest BCUT2D eigenvalue weighted by Crippen LogP contribution is 2.24. The van der Waals surface area contributed by atoms with Crippen molar-refractivity contribution in [2.75, 3.05) is 18.0 Å². The maximum Gasteiger partial charge on any atom is 0.232 e. The summed E-state index contributed by atoms with van der Waals surface area (Å²) >= 11 is 0. The van der Waals surface area contributed by atoms with Crippen LogP contribution in [0.1, 0.15) is 25.3 Å². The van der Waals surface area contributed by atoms with E-state index in [0.29, 0.717) is 13.1 Å². The Morgan fingerprint density at radius 3 is 2.32 bits per heavy atom. The molecule has 3 rings (SSSR count). The second-order valence-corrected chi connectivity index (χ2v) is 6.55. The Bertz CT molecular complexity index is 715. The van der Waals surface area contributed by atoms with Crippen molar-refractivity contribution in [1.29, 1.82) is 0 Å². The first-order chi connectivity index (χ1) is 12.1. The fourth-order valence-corrected chi connectivity index (χ4v) is 3.36. The maximum absolute atomic E-state index is 13.3. The molecule has 25 heavy (non-hydrogen) atoms. The summed E-state index contributed by atoms with van der Waals surface area (Å²) in [5.74, 6) is 0.00870. The van der Waals surface area contributed by atoms with Gasteiger partial charge in [0.25, 0.3) is 0 Å². The fraction of sp³-hybridized carbons (Fsp3) is 0.333. The lowest BCUT2D eigenvalue weighted by Crippen LogP contribution is -2.46. The van der Waals surface area contributed by atoms with Gasteiger partial charge in [-0.15, -0.1) is 0 Å². The van der Waals surface area contributed by atoms with Gasteiger partial charge in [0, 0.05) is 25.7 Å². The molecule has 0 N–H and O–H groups in total. The van der Waals surface area contributed by atoms with E-state index >= 15 is 0 Å². The van der Waals surface area contributed by atoms with E-state index in [4.69, 9.17) is 0 Å². The van der Waals surface area contributed by atoms with Crippen LogP contribution >= 0.6 is 0 Å². The minimum absolute atomic E-state index is 0.0480. The molecule has 0 aromatic heterocycles. The summed E-state index contributed by atoms with van der Waals surface area (Å²) in [4.78, 5) is 28.6. The molecule has 4 nitrogen and oxygen atoms in total. The van der Waals surface area contributed by atoms with Crippen molar-refractivity contribution >= 4 is 17.5 Å². The van der Waals surface area contributed by atoms with Gasteiger partial charge in [0.05, 0.1) is 12.5 Å². The normalized spacial score (nSPS) is 17.2. The number of hydrogen-bond acceptors (Lipinski definition) is 2. The number of rotatable bonds is 4. The van der Waals surface area contributed by atoms with Crippen molar-refractivity contribution in [3.05, 3.63) is 66.2 Å². The molecule has 1 saturated heterocycles. The minimum Gasteiger partial charge on any atom is -0.342 e. The third kappa shape index (κ3) is 4.27. The van der Waals surface area contributed by atoms with Crippen LogP contribution in [0.2, 0.25) is 0 Å². The van der Waals surface area contributed by atoms with E-state index in [2.05, 4.69) is 0 Å². The quantitative estimate of drug-likeness (QED) is 0.858. The molecule has 0 aliphatic carbocycles. The van der Waals surface area contributed by atoms with Crippen LogP contribution in [-0.2, 0) is 16.1 Å². The zero-order valence-corrected chi connectivity index (χ0v) is 14.6. The molecule has 1 aliphatic heterocycles. The molecule has 1 aliphatic rings. The summed E-state index contributed by atoms with van der Waals surface area (Å²) in [6.07, 6.45) is 1.71. The van der Waals surface area contributed by atoms with Crippen molar-refractivity contribution < 1.29 is 9.59 Å². The largest absolute Gasteiger partial charge is 0.342 e. The van der Waals surface area contributed by atoms with Crippen molar-refractivity contribution in [2.24, 2.45) is 5.92 Å². The molecule has 0 saturated carbocycles. The van der Waals surface area contributed by atoms with Gasteiger partial charge in [0.15, 0.2) is 0 Å². The summed E-state index contributed by atoms with van der Waals surface area (Å²) in [6.45, 7) is 3.39. The molecule has 1 heterocycles. The predicted molar refractivity (Wildman–Crippen MR) is 99.1 cm³/mol. The Morgan fingerprint density at radius 2 is 1.68 bits per heavy atom. The molecule has 2 aromatic carbocycles. The number of benzene rings is 2. The minimum atomic E-state index is -0.137. The fourth-order valence-electron chi connectivity index (χ4n) is 3.36. The molecular weight excluding hydrogens is 312 g/mol. The predicted octanol–water partition coefficient (Wildman–Crippen LogP) is 3.48. The number of para-hydroxylation sites is 1. The molecule has 0 spiro atoms. The first-order valence-corrected chi connectivity index (χ1v) is 8.81. The topological polar surface area (TPSA) is 40.6 Å². The van der Waals surface area contributed by atoms with Crippen LogP contribution in [0, 0.1) is 5.92 Å². The number of nitrogens with zero attached hydrogens (tertiary/aromatic N) is 2. The SMILES string of the molecule is CC(=O)N1CCCC(C(=O)N(Cc2ccccc2)c2ccccc2)C1. The summed E-state index contributed by atoms with van der Waals surface area (Å²) in [5, 5.41) is 0. The van der Waals surface area contributed by atoms with Crippen LogP contribution in [0.3, 0.4) is 0 Å². The van der Waals surface area contributed by atoms with Crippen LogP contribution in [0.4, 0.5) is 5.69 Å². The Balaban J connectivity index is 1.83. The molecule has 1 unspecified atom stereocenters. The molecule has 0 bridgehead atoms. The monoisotopic (exact) mass is 336 g/mol. The molecule has 2 amide bonds. The van der Waals surface area contributed by atoms with Gasteiger partial charge in [-0.1, -0.05) is 48.5 Å². The highest BCUT2D eigenvalue weighted by Gasteiger charge is 2.30. The van der Waals surface area contributed by atoms with Gasteiger partial charge in [-0.25, -0.2) is 0 Å². The van der Waals surface area contributed by atoms with E-state index in [0.717, 1.165) is 30.6 Å². The van der Waals surface area contributed by atoms with Crippen LogP contribution in [0.25, 0.3) is 0 Å². The second-order valence-electron chi connectivity index (χ2n) is 6.55. The lowest BCUT2D eigenvalue weighted by Gasteiger charge is -2.34. The third-order valence-electron chi connectivity index (χ3n) is 4.73. The maximum atomic E-state index is 13.3. The van der Waals surface area contributed by atoms with Crippen molar-refractivity contribution in [1.82, 2.24) is 4.90 Å².